The molecule has 1 saturated heterocycles. The molecule has 1 aromatic rings. The third kappa shape index (κ3) is 2.88. The summed E-state index contributed by atoms with van der Waals surface area (Å²) in [4.78, 5) is 2.05. The number of hydrogen-bond acceptors (Lipinski definition) is 3. The molecule has 1 atom stereocenters. The summed E-state index contributed by atoms with van der Waals surface area (Å²) in [7, 11) is 0. The molecule has 1 aromatic carbocycles. The van der Waals surface area contributed by atoms with E-state index in [0.717, 1.165) is 18.8 Å². The number of hydrogen-bond donors (Lipinski definition) is 2. The number of nitrogens with one attached hydrogen (secondary N) is 1. The Balaban J connectivity index is 0.00000128. The second kappa shape index (κ2) is 5.53. The van der Waals surface area contributed by atoms with Crippen molar-refractivity contribution in [1.29, 1.82) is 0 Å². The van der Waals surface area contributed by atoms with E-state index in [4.69, 9.17) is 0 Å². The lowest BCUT2D eigenvalue weighted by atomic mass is 10.1. The van der Waals surface area contributed by atoms with Crippen LogP contribution in [0.4, 0.5) is 5.69 Å². The van der Waals surface area contributed by atoms with Crippen LogP contribution in [0.2, 0.25) is 0 Å². The van der Waals surface area contributed by atoms with Crippen molar-refractivity contribution in [2.75, 3.05) is 24.5 Å². The Kier molecular flexibility index (Phi) is 4.59. The zero-order valence-electron chi connectivity index (χ0n) is 9.73. The van der Waals surface area contributed by atoms with Crippen LogP contribution in [-0.4, -0.2) is 31.0 Å². The molecule has 90 valence electrons. The van der Waals surface area contributed by atoms with E-state index in [1.807, 2.05) is 0 Å². The highest BCUT2D eigenvalue weighted by Gasteiger charge is 2.19. The summed E-state index contributed by atoms with van der Waals surface area (Å²) in [6.07, 6.45) is -0.403. The molecule has 3 nitrogen and oxygen atoms in total. The normalized spacial score (nSPS) is 20.4. The molecule has 0 aromatic heterocycles. The van der Waals surface area contributed by atoms with Crippen molar-refractivity contribution in [3.8, 4) is 0 Å². The van der Waals surface area contributed by atoms with Crippen LogP contribution in [0.5, 0.6) is 0 Å². The number of nitrogens with zero attached hydrogens (tertiary/aromatic N) is 1. The van der Waals surface area contributed by atoms with Gasteiger partial charge < -0.3 is 15.3 Å². The van der Waals surface area contributed by atoms with Gasteiger partial charge in [0.05, 0.1) is 0 Å². The van der Waals surface area contributed by atoms with Gasteiger partial charge in [-0.25, -0.2) is 0 Å². The van der Waals surface area contributed by atoms with E-state index in [0.29, 0.717) is 6.54 Å². The number of piperazine rings is 1. The van der Waals surface area contributed by atoms with Crippen LogP contribution in [0.1, 0.15) is 11.1 Å². The number of aliphatic hydroxyl groups is 1. The molecule has 0 amide bonds. The van der Waals surface area contributed by atoms with E-state index in [-0.39, 0.29) is 12.4 Å². The Morgan fingerprint density at radius 3 is 2.44 bits per heavy atom. The number of rotatable bonds is 1. The van der Waals surface area contributed by atoms with Crippen LogP contribution in [0, 0.1) is 13.8 Å². The first-order valence-corrected chi connectivity index (χ1v) is 5.40. The quantitative estimate of drug-likeness (QED) is 0.783. The lowest BCUT2D eigenvalue weighted by molar-refractivity contribution is 0.152. The highest BCUT2D eigenvalue weighted by atomic mass is 35.5. The van der Waals surface area contributed by atoms with Crippen LogP contribution in [-0.2, 0) is 0 Å². The van der Waals surface area contributed by atoms with Gasteiger partial charge in [0.25, 0.3) is 0 Å². The van der Waals surface area contributed by atoms with Gasteiger partial charge in [-0.15, -0.1) is 12.4 Å². The Morgan fingerprint density at radius 1 is 1.25 bits per heavy atom. The maximum Gasteiger partial charge on any atom is 0.139 e. The van der Waals surface area contributed by atoms with E-state index in [2.05, 4.69) is 42.3 Å². The molecule has 1 unspecified atom stereocenters. The van der Waals surface area contributed by atoms with Crippen LogP contribution >= 0.6 is 12.4 Å². The van der Waals surface area contributed by atoms with Crippen molar-refractivity contribution in [3.05, 3.63) is 29.3 Å². The van der Waals surface area contributed by atoms with Gasteiger partial charge in [-0.3, -0.25) is 0 Å². The third-order valence-electron chi connectivity index (χ3n) is 2.75. The minimum Gasteiger partial charge on any atom is -0.372 e. The molecule has 0 radical (unpaired) electrons. The van der Waals surface area contributed by atoms with Crippen molar-refractivity contribution in [1.82, 2.24) is 5.32 Å². The number of anilines is 1. The van der Waals surface area contributed by atoms with E-state index < -0.39 is 6.23 Å². The standard InChI is InChI=1S/C12H18N2O.ClH/c1-9-5-10(2)7-11(6-9)14-4-3-13-8-12(14)15;/h5-7,12-13,15H,3-4,8H2,1-2H3;1H. The predicted octanol–water partition coefficient (Wildman–Crippen LogP) is 1.45. The summed E-state index contributed by atoms with van der Waals surface area (Å²) < 4.78 is 0. The van der Waals surface area contributed by atoms with Gasteiger partial charge in [-0.05, 0) is 37.1 Å². The lowest BCUT2D eigenvalue weighted by Crippen LogP contribution is -2.51. The molecular formula is C12H19ClN2O. The second-order valence-corrected chi connectivity index (χ2v) is 4.22. The van der Waals surface area contributed by atoms with Gasteiger partial charge in [0.2, 0.25) is 0 Å². The zero-order valence-corrected chi connectivity index (χ0v) is 10.5. The fourth-order valence-electron chi connectivity index (χ4n) is 2.11. The van der Waals surface area contributed by atoms with Crippen molar-refractivity contribution >= 4 is 18.1 Å². The number of halogens is 1. The molecule has 1 heterocycles. The van der Waals surface area contributed by atoms with Gasteiger partial charge in [0.1, 0.15) is 6.23 Å². The van der Waals surface area contributed by atoms with Gasteiger partial charge in [0, 0.05) is 25.3 Å². The van der Waals surface area contributed by atoms with Crippen LogP contribution < -0.4 is 10.2 Å². The highest BCUT2D eigenvalue weighted by molar-refractivity contribution is 5.85. The van der Waals surface area contributed by atoms with Gasteiger partial charge in [0.15, 0.2) is 0 Å². The molecule has 2 rings (SSSR count). The van der Waals surface area contributed by atoms with Crippen molar-refractivity contribution in [2.24, 2.45) is 0 Å². The minimum absolute atomic E-state index is 0. The molecule has 2 N–H and O–H groups in total. The lowest BCUT2D eigenvalue weighted by Gasteiger charge is -2.34. The molecule has 0 aliphatic carbocycles. The van der Waals surface area contributed by atoms with Gasteiger partial charge >= 0.3 is 0 Å². The Labute approximate surface area is 103 Å². The van der Waals surface area contributed by atoms with Crippen molar-refractivity contribution in [3.63, 3.8) is 0 Å². The Bertz CT molecular complexity index is 337. The van der Waals surface area contributed by atoms with E-state index in [9.17, 15) is 5.11 Å². The topological polar surface area (TPSA) is 35.5 Å². The van der Waals surface area contributed by atoms with E-state index >= 15 is 0 Å². The summed E-state index contributed by atoms with van der Waals surface area (Å²) >= 11 is 0. The third-order valence-corrected chi connectivity index (χ3v) is 2.75. The molecule has 0 bridgehead atoms. The van der Waals surface area contributed by atoms with Crippen molar-refractivity contribution in [2.45, 2.75) is 20.1 Å². The second-order valence-electron chi connectivity index (χ2n) is 4.22. The molecule has 4 heteroatoms. The molecule has 16 heavy (non-hydrogen) atoms. The molecule has 1 aliphatic heterocycles. The monoisotopic (exact) mass is 242 g/mol. The first-order valence-electron chi connectivity index (χ1n) is 5.40. The Morgan fingerprint density at radius 2 is 1.88 bits per heavy atom. The number of benzene rings is 1. The SMILES string of the molecule is Cc1cc(C)cc(N2CCNCC2O)c1.Cl. The summed E-state index contributed by atoms with van der Waals surface area (Å²) in [5, 5.41) is 13.0. The van der Waals surface area contributed by atoms with E-state index in [1.54, 1.807) is 0 Å². The summed E-state index contributed by atoms with van der Waals surface area (Å²) in [6, 6.07) is 6.40. The maximum absolute atomic E-state index is 9.87. The zero-order chi connectivity index (χ0) is 10.8. The molecule has 0 spiro atoms. The van der Waals surface area contributed by atoms with E-state index in [1.165, 1.54) is 11.1 Å². The maximum atomic E-state index is 9.87. The van der Waals surface area contributed by atoms with Crippen LogP contribution in [0.3, 0.4) is 0 Å². The largest absolute Gasteiger partial charge is 0.372 e. The number of aliphatic hydroxyl groups excluding tert-OH is 1. The minimum atomic E-state index is -0.403. The van der Waals surface area contributed by atoms with Crippen molar-refractivity contribution < 1.29 is 5.11 Å². The fraction of sp³-hybridized carbons (Fsp3) is 0.500. The molecule has 1 fully saturated rings. The van der Waals surface area contributed by atoms with Gasteiger partial charge in [-0.1, -0.05) is 6.07 Å². The number of aryl methyl sites for hydroxylation is 2. The van der Waals surface area contributed by atoms with Crippen LogP contribution in [0.25, 0.3) is 0 Å². The molecule has 1 aliphatic rings. The summed E-state index contributed by atoms with van der Waals surface area (Å²) in [6.45, 7) is 6.62. The van der Waals surface area contributed by atoms with Crippen LogP contribution in [0.15, 0.2) is 18.2 Å². The number of β-amino-alcohol motifs (C(OH)–C–C–N with tert-alkyl or cyclic N) is 1. The molecular weight excluding hydrogens is 224 g/mol. The average molecular weight is 243 g/mol. The Hall–Kier alpha value is -0.770. The first-order chi connectivity index (χ1) is 7.16. The van der Waals surface area contributed by atoms with Gasteiger partial charge in [-0.2, -0.15) is 0 Å². The predicted molar refractivity (Wildman–Crippen MR) is 69.4 cm³/mol. The molecule has 0 saturated carbocycles. The smallest absolute Gasteiger partial charge is 0.139 e. The fourth-order valence-corrected chi connectivity index (χ4v) is 2.11. The highest BCUT2D eigenvalue weighted by Crippen LogP contribution is 2.20. The first kappa shape index (κ1) is 13.3. The summed E-state index contributed by atoms with van der Waals surface area (Å²) in [5.41, 5.74) is 3.62. The average Bonchev–Trinajstić information content (AvgIpc) is 2.16. The summed E-state index contributed by atoms with van der Waals surface area (Å²) in [5.74, 6) is 0.